The summed E-state index contributed by atoms with van der Waals surface area (Å²) in [4.78, 5) is 48.3. The molecule has 7 N–H and O–H groups in total. The molecule has 0 saturated heterocycles. The van der Waals surface area contributed by atoms with Crippen molar-refractivity contribution in [1.82, 2.24) is 59.7 Å². The number of nitrogens with one attached hydrogen (secondary N) is 3. The van der Waals surface area contributed by atoms with Gasteiger partial charge in [-0.3, -0.25) is 19.0 Å². The Labute approximate surface area is 404 Å². The lowest BCUT2D eigenvalue weighted by Gasteiger charge is -2.26. The van der Waals surface area contributed by atoms with Crippen LogP contribution in [0, 0.1) is 0 Å². The minimum Gasteiger partial charge on any atom is -0.361 e. The van der Waals surface area contributed by atoms with Crippen LogP contribution in [0.4, 0.5) is 0 Å². The number of H-pyrrole nitrogens is 1. The molecule has 6 aromatic heterocycles. The van der Waals surface area contributed by atoms with Crippen LogP contribution in [0.2, 0.25) is 35.7 Å². The fraction of sp³-hybridized carbons (Fsp3) is 0.417. The van der Waals surface area contributed by atoms with Gasteiger partial charge in [0.15, 0.2) is 11.3 Å². The van der Waals surface area contributed by atoms with Crippen LogP contribution in [0.5, 0.6) is 0 Å². The lowest BCUT2D eigenvalue weighted by atomic mass is 9.92. The Balaban J connectivity index is 0.000000174. The second-order valence-electron chi connectivity index (χ2n) is 19.4. The summed E-state index contributed by atoms with van der Waals surface area (Å²) in [5, 5.41) is 18.7. The smallest absolute Gasteiger partial charge is 0.255 e. The molecule has 2 amide bonds. The molecule has 356 valence electrons. The number of carbonyl (C=O) groups excluding carboxylic acids is 2. The Hall–Kier alpha value is -5.76. The van der Waals surface area contributed by atoms with Gasteiger partial charge in [0.1, 0.15) is 40.5 Å². The maximum atomic E-state index is 13.5. The molecule has 2 aliphatic carbocycles. The SMILES string of the molecule is Cn1nc(-c2cnc3[nH]cc(C(=O)NC4CCC(N)CC4)c3n2)c2ccc(Cl)cc21.Cn1nc(-c2cnc3c(n2)c(C(=O)NC2CCC(N)CC2)cn3COCC[Si](C)(C)C)c2ccc(Cl)cc21. The third-order valence-corrected chi connectivity index (χ3v) is 15.2. The van der Waals surface area contributed by atoms with Crippen molar-refractivity contribution in [3.05, 3.63) is 82.4 Å². The van der Waals surface area contributed by atoms with Crippen molar-refractivity contribution in [1.29, 1.82) is 0 Å². The Kier molecular flexibility index (Phi) is 13.7. The number of ether oxygens (including phenoxy) is 1. The number of hydrogen-bond acceptors (Lipinski definition) is 11. The first-order valence-corrected chi connectivity index (χ1v) is 27.7. The first-order chi connectivity index (χ1) is 32.6. The number of nitrogens with zero attached hydrogens (tertiary/aromatic N) is 9. The van der Waals surface area contributed by atoms with Crippen molar-refractivity contribution in [2.75, 3.05) is 6.61 Å². The van der Waals surface area contributed by atoms with Gasteiger partial charge in [0.05, 0.1) is 34.6 Å². The zero-order valence-electron chi connectivity index (χ0n) is 39.0. The number of fused-ring (bicyclic) bond motifs is 4. The highest BCUT2D eigenvalue weighted by Crippen LogP contribution is 2.32. The van der Waals surface area contributed by atoms with Crippen molar-refractivity contribution in [3.8, 4) is 22.8 Å². The highest BCUT2D eigenvalue weighted by molar-refractivity contribution is 6.76. The average molecular weight is 978 g/mol. The predicted octanol–water partition coefficient (Wildman–Crippen LogP) is 8.12. The van der Waals surface area contributed by atoms with Crippen LogP contribution in [0.3, 0.4) is 0 Å². The number of carbonyl (C=O) groups is 2. The third kappa shape index (κ3) is 10.3. The quantitative estimate of drug-likeness (QED) is 0.0614. The Morgan fingerprint density at radius 3 is 1.81 bits per heavy atom. The van der Waals surface area contributed by atoms with E-state index >= 15 is 0 Å². The zero-order valence-corrected chi connectivity index (χ0v) is 41.5. The van der Waals surface area contributed by atoms with Gasteiger partial charge in [0.2, 0.25) is 0 Å². The Morgan fingerprint density at radius 2 is 1.26 bits per heavy atom. The van der Waals surface area contributed by atoms with E-state index in [2.05, 4.69) is 50.4 Å². The first kappa shape index (κ1) is 47.3. The Morgan fingerprint density at radius 1 is 0.750 bits per heavy atom. The summed E-state index contributed by atoms with van der Waals surface area (Å²) in [7, 11) is 2.52. The molecule has 10 rings (SSSR count). The van der Waals surface area contributed by atoms with Crippen molar-refractivity contribution in [3.63, 3.8) is 0 Å². The van der Waals surface area contributed by atoms with Gasteiger partial charge in [-0.15, -0.1) is 0 Å². The van der Waals surface area contributed by atoms with Crippen LogP contribution in [0.15, 0.2) is 61.2 Å². The largest absolute Gasteiger partial charge is 0.361 e. The molecular formula is C48H58Cl2N14O3Si. The van der Waals surface area contributed by atoms with E-state index in [1.165, 1.54) is 0 Å². The van der Waals surface area contributed by atoms with Crippen molar-refractivity contribution >= 4 is 87.2 Å². The molecule has 0 spiro atoms. The number of halogens is 2. The molecule has 0 radical (unpaired) electrons. The second-order valence-corrected chi connectivity index (χ2v) is 25.9. The number of rotatable bonds is 11. The van der Waals surface area contributed by atoms with Crippen LogP contribution in [-0.2, 0) is 25.6 Å². The summed E-state index contributed by atoms with van der Waals surface area (Å²) in [6.45, 7) is 7.96. The molecule has 17 nitrogen and oxygen atoms in total. The summed E-state index contributed by atoms with van der Waals surface area (Å²) in [5.74, 6) is -0.300. The molecule has 0 atom stereocenters. The van der Waals surface area contributed by atoms with E-state index in [-0.39, 0.29) is 36.0 Å². The molecule has 2 aliphatic rings. The fourth-order valence-electron chi connectivity index (χ4n) is 9.04. The standard InChI is InChI=1S/C27H36ClN7O2Si.C21H22ClN7O/c1-34-23-13-17(28)5-10-20(23)24(33-34)22-14-30-26-25(32-22)21(15-35(26)16-37-11-12-38(2,3)4)27(36)31-19-8-6-18(29)7-9-19;1-29-17-8-11(22)2-7-14(17)18(28-29)16-10-25-20-19(27-16)15(9-24-20)21(30)26-13-5-3-12(23)4-6-13/h5,10,13-15,18-19H,6-9,11-12,16,29H2,1-4H3,(H,31,36);2,7-10,12-13H,3-6,23H2,1H3,(H,24,25)(H,26,30). The van der Waals surface area contributed by atoms with E-state index < -0.39 is 8.07 Å². The molecule has 2 fully saturated rings. The van der Waals surface area contributed by atoms with E-state index in [0.717, 1.165) is 79.2 Å². The van der Waals surface area contributed by atoms with E-state index in [4.69, 9.17) is 54.4 Å². The molecular weight excluding hydrogens is 920 g/mol. The topological polar surface area (TPSA) is 227 Å². The van der Waals surface area contributed by atoms with Crippen LogP contribution >= 0.6 is 23.2 Å². The van der Waals surface area contributed by atoms with Crippen molar-refractivity contribution in [2.24, 2.45) is 25.6 Å². The third-order valence-electron chi connectivity index (χ3n) is 13.0. The molecule has 8 aromatic rings. The summed E-state index contributed by atoms with van der Waals surface area (Å²) >= 11 is 12.3. The zero-order chi connectivity index (χ0) is 47.9. The lowest BCUT2D eigenvalue weighted by Crippen LogP contribution is -2.40. The fourth-order valence-corrected chi connectivity index (χ4v) is 10.1. The Bertz CT molecular complexity index is 3140. The number of aromatic amines is 1. The number of nitrogens with two attached hydrogens (primary N) is 2. The predicted molar refractivity (Wildman–Crippen MR) is 270 cm³/mol. The summed E-state index contributed by atoms with van der Waals surface area (Å²) in [6.07, 6.45) is 14.1. The van der Waals surface area contributed by atoms with Crippen LogP contribution in [0.1, 0.15) is 72.1 Å². The molecule has 0 aliphatic heterocycles. The van der Waals surface area contributed by atoms with E-state index in [1.807, 2.05) is 61.3 Å². The average Bonchev–Trinajstić information content (AvgIpc) is 4.08. The van der Waals surface area contributed by atoms with Gasteiger partial charge in [-0.2, -0.15) is 10.2 Å². The summed E-state index contributed by atoms with van der Waals surface area (Å²) in [6, 6.07) is 13.0. The van der Waals surface area contributed by atoms with Crippen molar-refractivity contribution in [2.45, 2.75) is 108 Å². The summed E-state index contributed by atoms with van der Waals surface area (Å²) < 4.78 is 11.4. The van der Waals surface area contributed by atoms with E-state index in [1.54, 1.807) is 28.0 Å². The maximum Gasteiger partial charge on any atom is 0.255 e. The van der Waals surface area contributed by atoms with E-state index in [0.29, 0.717) is 79.6 Å². The van der Waals surface area contributed by atoms with Gasteiger partial charge >= 0.3 is 0 Å². The van der Waals surface area contributed by atoms with Crippen molar-refractivity contribution < 1.29 is 14.3 Å². The second kappa shape index (κ2) is 19.7. The normalized spacial score (nSPS) is 18.8. The van der Waals surface area contributed by atoms with Crippen LogP contribution in [0.25, 0.3) is 66.9 Å². The number of aryl methyl sites for hydroxylation is 2. The van der Waals surface area contributed by atoms with Gasteiger partial charge in [0.25, 0.3) is 11.8 Å². The minimum absolute atomic E-state index is 0.106. The van der Waals surface area contributed by atoms with E-state index in [9.17, 15) is 9.59 Å². The monoisotopic (exact) mass is 976 g/mol. The van der Waals surface area contributed by atoms with Gasteiger partial charge < -0.3 is 36.4 Å². The number of amides is 2. The minimum atomic E-state index is -1.21. The lowest BCUT2D eigenvalue weighted by molar-refractivity contribution is 0.0886. The maximum absolute atomic E-state index is 13.5. The molecule has 6 heterocycles. The van der Waals surface area contributed by atoms with Gasteiger partial charge in [-0.25, -0.2) is 19.9 Å². The number of benzene rings is 2. The highest BCUT2D eigenvalue weighted by atomic mass is 35.5. The molecule has 2 aromatic carbocycles. The molecule has 0 bridgehead atoms. The van der Waals surface area contributed by atoms with Gasteiger partial charge in [-0.05, 0) is 93.8 Å². The first-order valence-electron chi connectivity index (χ1n) is 23.2. The summed E-state index contributed by atoms with van der Waals surface area (Å²) in [5.41, 5.74) is 19.7. The highest BCUT2D eigenvalue weighted by Gasteiger charge is 2.26. The molecule has 68 heavy (non-hydrogen) atoms. The molecule has 0 unspecified atom stereocenters. The molecule has 20 heteroatoms. The van der Waals surface area contributed by atoms with Crippen LogP contribution < -0.4 is 22.1 Å². The van der Waals surface area contributed by atoms with Gasteiger partial charge in [0, 0.05) is 86.2 Å². The number of aromatic nitrogens is 10. The van der Waals surface area contributed by atoms with Crippen LogP contribution in [-0.4, -0.2) is 99.7 Å². The van der Waals surface area contributed by atoms with Gasteiger partial charge in [-0.1, -0.05) is 42.8 Å². The molecule has 2 saturated carbocycles. The number of hydrogen-bond donors (Lipinski definition) is 5.